The van der Waals surface area contributed by atoms with Crippen LogP contribution >= 0.6 is 0 Å². The molecular weight excluding hydrogens is 168 g/mol. The van der Waals surface area contributed by atoms with E-state index in [1.807, 2.05) is 0 Å². The monoisotopic (exact) mass is 188 g/mol. The first-order valence-electron chi connectivity index (χ1n) is 5.01. The molecule has 0 atom stereocenters. The van der Waals surface area contributed by atoms with E-state index in [2.05, 4.69) is 10.2 Å². The Morgan fingerprint density at radius 1 is 1.08 bits per heavy atom. The Bertz CT molecular complexity index is 123. The lowest BCUT2D eigenvalue weighted by atomic mass is 9.99. The van der Waals surface area contributed by atoms with Crippen molar-refractivity contribution in [2.24, 2.45) is 5.92 Å². The van der Waals surface area contributed by atoms with Crippen molar-refractivity contribution in [3.05, 3.63) is 0 Å². The van der Waals surface area contributed by atoms with E-state index in [-0.39, 0.29) is 13.2 Å². The van der Waals surface area contributed by atoms with Gasteiger partial charge in [0.1, 0.15) is 0 Å². The molecule has 13 heavy (non-hydrogen) atoms. The van der Waals surface area contributed by atoms with Crippen molar-refractivity contribution >= 4 is 0 Å². The molecule has 1 heterocycles. The minimum atomic E-state index is 0.183. The van der Waals surface area contributed by atoms with Gasteiger partial charge in [-0.2, -0.15) is 0 Å². The van der Waals surface area contributed by atoms with E-state index in [0.717, 1.165) is 25.6 Å². The normalized spacial score (nSPS) is 17.8. The van der Waals surface area contributed by atoms with Crippen LogP contribution in [0.2, 0.25) is 0 Å². The van der Waals surface area contributed by atoms with Crippen molar-refractivity contribution in [2.75, 3.05) is 45.9 Å². The van der Waals surface area contributed by atoms with Crippen molar-refractivity contribution < 1.29 is 10.2 Å². The number of rotatable bonds is 7. The summed E-state index contributed by atoms with van der Waals surface area (Å²) in [6.07, 6.45) is 1.17. The van der Waals surface area contributed by atoms with E-state index in [4.69, 9.17) is 10.2 Å². The summed E-state index contributed by atoms with van der Waals surface area (Å²) in [6.45, 7) is 4.99. The quantitative estimate of drug-likeness (QED) is 0.474. The molecule has 0 spiro atoms. The highest BCUT2D eigenvalue weighted by Crippen LogP contribution is 2.08. The molecule has 0 aromatic carbocycles. The third-order valence-electron chi connectivity index (χ3n) is 2.55. The summed E-state index contributed by atoms with van der Waals surface area (Å²) in [4.78, 5) is 2.11. The van der Waals surface area contributed by atoms with Gasteiger partial charge in [-0.05, 0) is 32.0 Å². The van der Waals surface area contributed by atoms with Crippen LogP contribution in [-0.4, -0.2) is 61.1 Å². The summed E-state index contributed by atoms with van der Waals surface area (Å²) in [6, 6.07) is 0. The van der Waals surface area contributed by atoms with Gasteiger partial charge in [0.2, 0.25) is 0 Å². The topological polar surface area (TPSA) is 55.7 Å². The second-order valence-electron chi connectivity index (χ2n) is 3.60. The van der Waals surface area contributed by atoms with Gasteiger partial charge in [0, 0.05) is 13.1 Å². The van der Waals surface area contributed by atoms with Crippen LogP contribution in [0.3, 0.4) is 0 Å². The molecule has 3 N–H and O–H groups in total. The number of aliphatic hydroxyl groups is 2. The molecule has 1 saturated heterocycles. The van der Waals surface area contributed by atoms with Crippen LogP contribution in [0.1, 0.15) is 6.42 Å². The maximum atomic E-state index is 8.76. The maximum absolute atomic E-state index is 8.76. The molecule has 1 rings (SSSR count). The zero-order chi connectivity index (χ0) is 9.52. The highest BCUT2D eigenvalue weighted by molar-refractivity contribution is 4.75. The van der Waals surface area contributed by atoms with Crippen molar-refractivity contribution in [1.29, 1.82) is 0 Å². The summed E-state index contributed by atoms with van der Waals surface area (Å²) < 4.78 is 0. The number of nitrogens with one attached hydrogen (secondary N) is 1. The summed E-state index contributed by atoms with van der Waals surface area (Å²) in [5.41, 5.74) is 0. The number of hydrogen-bond donors (Lipinski definition) is 3. The standard InChI is InChI=1S/C9H20N2O2/c12-5-3-11(4-6-13)2-1-9-7-10-8-9/h9-10,12-13H,1-8H2. The predicted octanol–water partition coefficient (Wildman–Crippen LogP) is -1.12. The van der Waals surface area contributed by atoms with E-state index >= 15 is 0 Å². The van der Waals surface area contributed by atoms with Crippen molar-refractivity contribution in [2.45, 2.75) is 6.42 Å². The molecule has 0 bridgehead atoms. The van der Waals surface area contributed by atoms with Crippen molar-refractivity contribution in [3.8, 4) is 0 Å². The Hall–Kier alpha value is -0.160. The van der Waals surface area contributed by atoms with E-state index < -0.39 is 0 Å². The molecule has 0 radical (unpaired) electrons. The highest BCUT2D eigenvalue weighted by atomic mass is 16.3. The molecule has 4 heteroatoms. The Kier molecular flexibility index (Phi) is 5.31. The fourth-order valence-electron chi connectivity index (χ4n) is 1.54. The van der Waals surface area contributed by atoms with Crippen LogP contribution in [-0.2, 0) is 0 Å². The SMILES string of the molecule is OCCN(CCO)CCC1CNC1. The average molecular weight is 188 g/mol. The first-order valence-corrected chi connectivity index (χ1v) is 5.01. The third kappa shape index (κ3) is 4.04. The average Bonchev–Trinajstić information content (AvgIpc) is 2.02. The van der Waals surface area contributed by atoms with Crippen LogP contribution in [0.25, 0.3) is 0 Å². The molecule has 0 aromatic rings. The van der Waals surface area contributed by atoms with Gasteiger partial charge in [0.25, 0.3) is 0 Å². The van der Waals surface area contributed by atoms with Gasteiger partial charge < -0.3 is 15.5 Å². The van der Waals surface area contributed by atoms with Gasteiger partial charge in [-0.3, -0.25) is 4.90 Å². The van der Waals surface area contributed by atoms with Gasteiger partial charge in [-0.25, -0.2) is 0 Å². The highest BCUT2D eigenvalue weighted by Gasteiger charge is 2.17. The molecule has 0 unspecified atom stereocenters. The van der Waals surface area contributed by atoms with Crippen LogP contribution in [0, 0.1) is 5.92 Å². The third-order valence-corrected chi connectivity index (χ3v) is 2.55. The van der Waals surface area contributed by atoms with Crippen LogP contribution in [0.15, 0.2) is 0 Å². The van der Waals surface area contributed by atoms with Crippen LogP contribution < -0.4 is 5.32 Å². The molecule has 1 aliphatic rings. The minimum absolute atomic E-state index is 0.183. The fourth-order valence-corrected chi connectivity index (χ4v) is 1.54. The second kappa shape index (κ2) is 6.32. The van der Waals surface area contributed by atoms with Gasteiger partial charge in [-0.15, -0.1) is 0 Å². The largest absolute Gasteiger partial charge is 0.395 e. The summed E-state index contributed by atoms with van der Waals surface area (Å²) in [5.74, 6) is 0.805. The lowest BCUT2D eigenvalue weighted by molar-refractivity contribution is 0.148. The molecule has 78 valence electrons. The first-order chi connectivity index (χ1) is 6.36. The lowest BCUT2D eigenvalue weighted by Crippen LogP contribution is -2.44. The van der Waals surface area contributed by atoms with Crippen LogP contribution in [0.4, 0.5) is 0 Å². The van der Waals surface area contributed by atoms with Crippen molar-refractivity contribution in [1.82, 2.24) is 10.2 Å². The minimum Gasteiger partial charge on any atom is -0.395 e. The number of hydrogen-bond acceptors (Lipinski definition) is 4. The second-order valence-corrected chi connectivity index (χ2v) is 3.60. The van der Waals surface area contributed by atoms with E-state index in [1.165, 1.54) is 6.42 Å². The van der Waals surface area contributed by atoms with Gasteiger partial charge >= 0.3 is 0 Å². The zero-order valence-electron chi connectivity index (χ0n) is 8.08. The Morgan fingerprint density at radius 2 is 1.69 bits per heavy atom. The van der Waals surface area contributed by atoms with E-state index in [0.29, 0.717) is 13.1 Å². The summed E-state index contributed by atoms with van der Waals surface area (Å²) in [5, 5.41) is 20.8. The molecule has 1 aliphatic heterocycles. The van der Waals surface area contributed by atoms with Gasteiger partial charge in [-0.1, -0.05) is 0 Å². The van der Waals surface area contributed by atoms with Crippen LogP contribution in [0.5, 0.6) is 0 Å². The maximum Gasteiger partial charge on any atom is 0.0558 e. The summed E-state index contributed by atoms with van der Waals surface area (Å²) >= 11 is 0. The van der Waals surface area contributed by atoms with Gasteiger partial charge in [0.05, 0.1) is 13.2 Å². The first kappa shape index (κ1) is 10.9. The van der Waals surface area contributed by atoms with E-state index in [1.54, 1.807) is 0 Å². The Balaban J connectivity index is 2.05. The lowest BCUT2D eigenvalue weighted by Gasteiger charge is -2.29. The summed E-state index contributed by atoms with van der Waals surface area (Å²) in [7, 11) is 0. The molecule has 0 aliphatic carbocycles. The molecule has 4 nitrogen and oxygen atoms in total. The molecular formula is C9H20N2O2. The fraction of sp³-hybridized carbons (Fsp3) is 1.00. The zero-order valence-corrected chi connectivity index (χ0v) is 8.08. The Labute approximate surface area is 79.6 Å². The molecule has 0 aromatic heterocycles. The number of nitrogens with zero attached hydrogens (tertiary/aromatic N) is 1. The molecule has 1 fully saturated rings. The number of aliphatic hydroxyl groups excluding tert-OH is 2. The predicted molar refractivity (Wildman–Crippen MR) is 51.6 cm³/mol. The van der Waals surface area contributed by atoms with E-state index in [9.17, 15) is 0 Å². The molecule has 0 saturated carbocycles. The molecule has 0 amide bonds. The smallest absolute Gasteiger partial charge is 0.0558 e. The Morgan fingerprint density at radius 3 is 2.08 bits per heavy atom. The van der Waals surface area contributed by atoms with Crippen molar-refractivity contribution in [3.63, 3.8) is 0 Å². The van der Waals surface area contributed by atoms with Gasteiger partial charge in [0.15, 0.2) is 0 Å².